The van der Waals surface area contributed by atoms with E-state index in [9.17, 15) is 0 Å². The molecule has 0 aliphatic carbocycles. The van der Waals surface area contributed by atoms with E-state index >= 15 is 0 Å². The minimum Gasteiger partial charge on any atom is -0.304 e. The molecule has 1 N–H and O–H groups in total. The Morgan fingerprint density at radius 2 is 2.33 bits per heavy atom. The Morgan fingerprint density at radius 3 is 2.83 bits per heavy atom. The molecule has 0 saturated heterocycles. The Hall–Kier alpha value is -0.360. The van der Waals surface area contributed by atoms with Crippen molar-refractivity contribution in [3.8, 4) is 0 Å². The SMILES string of the molecule is CCCNC(c1ccc(Cl)s1)c1c(Br)cnn1C. The Kier molecular flexibility index (Phi) is 4.84. The van der Waals surface area contributed by atoms with E-state index in [2.05, 4.69) is 39.3 Å². The van der Waals surface area contributed by atoms with Crippen LogP contribution in [0.4, 0.5) is 0 Å². The highest BCUT2D eigenvalue weighted by Crippen LogP contribution is 2.33. The average molecular weight is 349 g/mol. The molecule has 0 aromatic carbocycles. The number of nitrogens with zero attached hydrogens (tertiary/aromatic N) is 2. The smallest absolute Gasteiger partial charge is 0.0931 e. The zero-order chi connectivity index (χ0) is 13.1. The molecule has 2 aromatic rings. The van der Waals surface area contributed by atoms with Crippen LogP contribution in [0, 0.1) is 0 Å². The molecular formula is C12H15BrClN3S. The lowest BCUT2D eigenvalue weighted by atomic mass is 10.1. The number of halogens is 2. The molecule has 0 bridgehead atoms. The second-order valence-electron chi connectivity index (χ2n) is 4.03. The van der Waals surface area contributed by atoms with E-state index in [-0.39, 0.29) is 6.04 Å². The summed E-state index contributed by atoms with van der Waals surface area (Å²) >= 11 is 11.2. The van der Waals surface area contributed by atoms with Crippen LogP contribution in [0.5, 0.6) is 0 Å². The van der Waals surface area contributed by atoms with Crippen LogP contribution in [0.25, 0.3) is 0 Å². The first-order chi connectivity index (χ1) is 8.63. The summed E-state index contributed by atoms with van der Waals surface area (Å²) in [6.45, 7) is 3.11. The molecule has 98 valence electrons. The van der Waals surface area contributed by atoms with Gasteiger partial charge < -0.3 is 5.32 Å². The first-order valence-electron chi connectivity index (χ1n) is 5.79. The van der Waals surface area contributed by atoms with Gasteiger partial charge in [0, 0.05) is 11.9 Å². The fourth-order valence-corrected chi connectivity index (χ4v) is 3.57. The fraction of sp³-hybridized carbons (Fsp3) is 0.417. The fourth-order valence-electron chi connectivity index (χ4n) is 1.85. The molecule has 1 atom stereocenters. The molecule has 1 unspecified atom stereocenters. The van der Waals surface area contributed by atoms with Crippen molar-refractivity contribution in [1.29, 1.82) is 0 Å². The van der Waals surface area contributed by atoms with E-state index in [4.69, 9.17) is 11.6 Å². The summed E-state index contributed by atoms with van der Waals surface area (Å²) in [6.07, 6.45) is 2.91. The second kappa shape index (κ2) is 6.19. The highest BCUT2D eigenvalue weighted by molar-refractivity contribution is 9.10. The van der Waals surface area contributed by atoms with Gasteiger partial charge in [-0.25, -0.2) is 0 Å². The Balaban J connectivity index is 2.36. The third-order valence-corrected chi connectivity index (χ3v) is 4.60. The van der Waals surface area contributed by atoms with Gasteiger partial charge in [-0.2, -0.15) is 5.10 Å². The van der Waals surface area contributed by atoms with E-state index in [0.29, 0.717) is 0 Å². The molecular weight excluding hydrogens is 334 g/mol. The molecule has 0 aliphatic rings. The van der Waals surface area contributed by atoms with Crippen LogP contribution < -0.4 is 5.32 Å². The van der Waals surface area contributed by atoms with Crippen LogP contribution in [0.2, 0.25) is 4.34 Å². The van der Waals surface area contributed by atoms with Crippen LogP contribution in [-0.2, 0) is 7.05 Å². The van der Waals surface area contributed by atoms with E-state index in [0.717, 1.165) is 27.5 Å². The number of aryl methyl sites for hydroxylation is 1. The van der Waals surface area contributed by atoms with E-state index < -0.39 is 0 Å². The van der Waals surface area contributed by atoms with Gasteiger partial charge in [0.2, 0.25) is 0 Å². The molecule has 2 aromatic heterocycles. The van der Waals surface area contributed by atoms with Gasteiger partial charge in [0.15, 0.2) is 0 Å². The molecule has 0 spiro atoms. The summed E-state index contributed by atoms with van der Waals surface area (Å²) in [6, 6.07) is 4.14. The average Bonchev–Trinajstić information content (AvgIpc) is 2.90. The molecule has 0 saturated carbocycles. The summed E-state index contributed by atoms with van der Waals surface area (Å²) in [5.74, 6) is 0. The van der Waals surface area contributed by atoms with Crippen molar-refractivity contribution in [1.82, 2.24) is 15.1 Å². The van der Waals surface area contributed by atoms with E-state index in [1.54, 1.807) is 11.3 Å². The summed E-state index contributed by atoms with van der Waals surface area (Å²) in [4.78, 5) is 1.21. The maximum absolute atomic E-state index is 6.04. The monoisotopic (exact) mass is 347 g/mol. The van der Waals surface area contributed by atoms with Crippen LogP contribution in [0.3, 0.4) is 0 Å². The summed E-state index contributed by atoms with van der Waals surface area (Å²) in [5.41, 5.74) is 1.13. The maximum Gasteiger partial charge on any atom is 0.0931 e. The highest BCUT2D eigenvalue weighted by Gasteiger charge is 2.21. The zero-order valence-corrected chi connectivity index (χ0v) is 13.4. The van der Waals surface area contributed by atoms with Crippen molar-refractivity contribution in [2.24, 2.45) is 7.05 Å². The summed E-state index contributed by atoms with van der Waals surface area (Å²) < 4.78 is 3.72. The van der Waals surface area contributed by atoms with Crippen LogP contribution >= 0.6 is 38.9 Å². The maximum atomic E-state index is 6.04. The van der Waals surface area contributed by atoms with Gasteiger partial charge >= 0.3 is 0 Å². The van der Waals surface area contributed by atoms with E-state index in [1.807, 2.05) is 24.0 Å². The number of aromatic nitrogens is 2. The second-order valence-corrected chi connectivity index (χ2v) is 6.63. The zero-order valence-electron chi connectivity index (χ0n) is 10.3. The van der Waals surface area contributed by atoms with Crippen molar-refractivity contribution in [3.63, 3.8) is 0 Å². The van der Waals surface area contributed by atoms with Crippen molar-refractivity contribution in [3.05, 3.63) is 37.7 Å². The van der Waals surface area contributed by atoms with Crippen molar-refractivity contribution < 1.29 is 0 Å². The van der Waals surface area contributed by atoms with Crippen LogP contribution in [0.15, 0.2) is 22.8 Å². The van der Waals surface area contributed by atoms with Gasteiger partial charge in [0.1, 0.15) is 0 Å². The third kappa shape index (κ3) is 2.96. The lowest BCUT2D eigenvalue weighted by molar-refractivity contribution is 0.558. The number of hydrogen-bond donors (Lipinski definition) is 1. The molecule has 18 heavy (non-hydrogen) atoms. The Labute approximate surface area is 124 Å². The number of nitrogens with one attached hydrogen (secondary N) is 1. The van der Waals surface area contributed by atoms with Gasteiger partial charge in [0.05, 0.1) is 26.7 Å². The number of thiophene rings is 1. The Morgan fingerprint density at radius 1 is 1.56 bits per heavy atom. The quantitative estimate of drug-likeness (QED) is 0.885. The molecule has 0 aliphatic heterocycles. The molecule has 0 radical (unpaired) electrons. The van der Waals surface area contributed by atoms with Gasteiger partial charge in [-0.15, -0.1) is 11.3 Å². The number of rotatable bonds is 5. The van der Waals surface area contributed by atoms with Crippen LogP contribution in [-0.4, -0.2) is 16.3 Å². The highest BCUT2D eigenvalue weighted by atomic mass is 79.9. The van der Waals surface area contributed by atoms with Crippen molar-refractivity contribution >= 4 is 38.9 Å². The summed E-state index contributed by atoms with van der Waals surface area (Å²) in [7, 11) is 1.95. The molecule has 3 nitrogen and oxygen atoms in total. The van der Waals surface area contributed by atoms with Gasteiger partial charge in [0.25, 0.3) is 0 Å². The Bertz CT molecular complexity index is 504. The minimum atomic E-state index is 0.129. The minimum absolute atomic E-state index is 0.129. The predicted octanol–water partition coefficient (Wildman–Crippen LogP) is 3.99. The number of hydrogen-bond acceptors (Lipinski definition) is 3. The van der Waals surface area contributed by atoms with Gasteiger partial charge in [-0.1, -0.05) is 18.5 Å². The standard InChI is InChI=1S/C12H15BrClN3S/c1-3-6-15-11(9-4-5-10(14)18-9)12-8(13)7-16-17(12)2/h4-5,7,11,15H,3,6H2,1-2H3. The molecule has 0 amide bonds. The largest absolute Gasteiger partial charge is 0.304 e. The lowest BCUT2D eigenvalue weighted by Gasteiger charge is -2.18. The summed E-state index contributed by atoms with van der Waals surface area (Å²) in [5, 5.41) is 7.82. The van der Waals surface area contributed by atoms with Crippen LogP contribution in [0.1, 0.15) is 30.0 Å². The lowest BCUT2D eigenvalue weighted by Crippen LogP contribution is -2.24. The molecule has 6 heteroatoms. The molecule has 2 rings (SSSR count). The van der Waals surface area contributed by atoms with E-state index in [1.165, 1.54) is 4.88 Å². The topological polar surface area (TPSA) is 29.9 Å². The van der Waals surface area contributed by atoms with Crippen molar-refractivity contribution in [2.45, 2.75) is 19.4 Å². The normalized spacial score (nSPS) is 12.9. The molecule has 2 heterocycles. The van der Waals surface area contributed by atoms with Crippen molar-refractivity contribution in [2.75, 3.05) is 6.54 Å². The predicted molar refractivity (Wildman–Crippen MR) is 80.4 cm³/mol. The molecule has 0 fully saturated rings. The first kappa shape index (κ1) is 14.1. The van der Waals surface area contributed by atoms with Gasteiger partial charge in [-0.05, 0) is 41.0 Å². The third-order valence-electron chi connectivity index (χ3n) is 2.69. The first-order valence-corrected chi connectivity index (χ1v) is 7.78. The van der Waals surface area contributed by atoms with Gasteiger partial charge in [-0.3, -0.25) is 4.68 Å².